The number of methoxy groups -OCH3 is 1. The van der Waals surface area contributed by atoms with E-state index in [2.05, 4.69) is 35.5 Å². The van der Waals surface area contributed by atoms with Gasteiger partial charge in [0.05, 0.1) is 12.8 Å². The number of aromatic nitrogens is 4. The van der Waals surface area contributed by atoms with Crippen LogP contribution in [0.15, 0.2) is 54.6 Å². The van der Waals surface area contributed by atoms with E-state index in [0.717, 1.165) is 27.4 Å². The fraction of sp³-hybridized carbons (Fsp3) is 0.217. The van der Waals surface area contributed by atoms with Gasteiger partial charge >= 0.3 is 5.97 Å². The van der Waals surface area contributed by atoms with Gasteiger partial charge in [-0.2, -0.15) is 9.47 Å². The van der Waals surface area contributed by atoms with Crippen molar-refractivity contribution in [2.45, 2.75) is 26.7 Å². The number of hydrogen-bond donors (Lipinski definition) is 0. The number of benzene rings is 2. The number of esters is 1. The zero-order valence-electron chi connectivity index (χ0n) is 17.3. The van der Waals surface area contributed by atoms with E-state index in [4.69, 9.17) is 9.72 Å². The Balaban J connectivity index is 1.87. The van der Waals surface area contributed by atoms with Crippen molar-refractivity contribution in [1.29, 1.82) is 0 Å². The fourth-order valence-electron chi connectivity index (χ4n) is 3.32. The lowest BCUT2D eigenvalue weighted by Gasteiger charge is -2.14. The minimum absolute atomic E-state index is 0.220. The van der Waals surface area contributed by atoms with Crippen molar-refractivity contribution in [3.05, 3.63) is 71.4 Å². The molecule has 2 aromatic heterocycles. The number of aryl methyl sites for hydroxylation is 1. The first kappa shape index (κ1) is 20.0. The van der Waals surface area contributed by atoms with Crippen molar-refractivity contribution in [3.63, 3.8) is 0 Å². The van der Waals surface area contributed by atoms with Gasteiger partial charge in [0.25, 0.3) is 0 Å². The molecule has 0 aliphatic heterocycles. The number of rotatable bonds is 5. The number of ether oxygens (including phenoxy) is 1. The fourth-order valence-corrected chi connectivity index (χ4v) is 3.99. The molecule has 6 nitrogen and oxygen atoms in total. The van der Waals surface area contributed by atoms with E-state index in [-0.39, 0.29) is 11.6 Å². The van der Waals surface area contributed by atoms with Gasteiger partial charge in [0, 0.05) is 11.6 Å². The molecule has 0 bridgehead atoms. The van der Waals surface area contributed by atoms with Crippen LogP contribution in [0.3, 0.4) is 0 Å². The van der Waals surface area contributed by atoms with E-state index in [0.29, 0.717) is 11.5 Å². The quantitative estimate of drug-likeness (QED) is 0.413. The summed E-state index contributed by atoms with van der Waals surface area (Å²) in [5, 5.41) is 5.35. The van der Waals surface area contributed by atoms with Crippen molar-refractivity contribution in [2.24, 2.45) is 0 Å². The number of nitrogens with zero attached hydrogens (tertiary/aromatic N) is 4. The van der Waals surface area contributed by atoms with Crippen LogP contribution in [0.1, 0.15) is 41.4 Å². The highest BCUT2D eigenvalue weighted by atomic mass is 32.1. The lowest BCUT2D eigenvalue weighted by atomic mass is 10.0. The Morgan fingerprint density at radius 3 is 2.63 bits per heavy atom. The van der Waals surface area contributed by atoms with E-state index in [9.17, 15) is 4.79 Å². The number of carbonyl (C=O) groups is 1. The zero-order valence-corrected chi connectivity index (χ0v) is 18.1. The number of carbonyl (C=O) groups excluding carboxylic acids is 1. The van der Waals surface area contributed by atoms with Gasteiger partial charge < -0.3 is 4.74 Å². The molecule has 0 saturated heterocycles. The van der Waals surface area contributed by atoms with Crippen LogP contribution in [0.2, 0.25) is 0 Å². The van der Waals surface area contributed by atoms with Crippen molar-refractivity contribution in [1.82, 2.24) is 19.1 Å². The molecule has 0 N–H and O–H groups in total. The zero-order chi connectivity index (χ0) is 21.3. The van der Waals surface area contributed by atoms with Gasteiger partial charge in [0.15, 0.2) is 11.5 Å². The van der Waals surface area contributed by atoms with Gasteiger partial charge in [-0.15, -0.1) is 0 Å². The lowest BCUT2D eigenvalue weighted by Crippen LogP contribution is -2.07. The lowest BCUT2D eigenvalue weighted by molar-refractivity contribution is 0.0593. The highest BCUT2D eigenvalue weighted by molar-refractivity contribution is 7.09. The average molecular weight is 419 g/mol. The van der Waals surface area contributed by atoms with Gasteiger partial charge in [0.2, 0.25) is 0 Å². The molecule has 2 aromatic carbocycles. The SMILES string of the molecule is COC(=O)c1cc(-c2nsc(-c3cccc(C)c3)n2)n(-c2ccccc2C(C)C)n1. The molecule has 152 valence electrons. The third-order valence-electron chi connectivity index (χ3n) is 4.81. The molecule has 4 aromatic rings. The van der Waals surface area contributed by atoms with E-state index in [1.54, 1.807) is 10.7 Å². The van der Waals surface area contributed by atoms with Crippen LogP contribution in [0.4, 0.5) is 0 Å². The highest BCUT2D eigenvalue weighted by Crippen LogP contribution is 2.31. The number of para-hydroxylation sites is 1. The van der Waals surface area contributed by atoms with Crippen LogP contribution in [-0.4, -0.2) is 32.2 Å². The van der Waals surface area contributed by atoms with E-state index in [1.807, 2.05) is 43.3 Å². The normalized spacial score (nSPS) is 11.1. The maximum absolute atomic E-state index is 12.2. The third-order valence-corrected chi connectivity index (χ3v) is 5.58. The summed E-state index contributed by atoms with van der Waals surface area (Å²) in [7, 11) is 1.35. The minimum Gasteiger partial charge on any atom is -0.464 e. The summed E-state index contributed by atoms with van der Waals surface area (Å²) in [4.78, 5) is 16.9. The Morgan fingerprint density at radius 2 is 1.90 bits per heavy atom. The largest absolute Gasteiger partial charge is 0.464 e. The first-order chi connectivity index (χ1) is 14.5. The summed E-state index contributed by atoms with van der Waals surface area (Å²) in [6.45, 7) is 6.30. The molecule has 0 spiro atoms. The predicted molar refractivity (Wildman–Crippen MR) is 118 cm³/mol. The topological polar surface area (TPSA) is 69.9 Å². The van der Waals surface area contributed by atoms with Crippen LogP contribution in [-0.2, 0) is 4.74 Å². The molecule has 30 heavy (non-hydrogen) atoms. The third kappa shape index (κ3) is 3.76. The summed E-state index contributed by atoms with van der Waals surface area (Å²) in [6, 6.07) is 17.8. The molecule has 0 fully saturated rings. The van der Waals surface area contributed by atoms with Crippen LogP contribution in [0.25, 0.3) is 27.8 Å². The molecular formula is C23H22N4O2S. The Hall–Kier alpha value is -3.32. The molecule has 4 rings (SSSR count). The summed E-state index contributed by atoms with van der Waals surface area (Å²) >= 11 is 1.33. The van der Waals surface area contributed by atoms with Gasteiger partial charge in [0.1, 0.15) is 10.7 Å². The average Bonchev–Trinajstić information content (AvgIpc) is 3.40. The van der Waals surface area contributed by atoms with Crippen molar-refractivity contribution < 1.29 is 9.53 Å². The predicted octanol–water partition coefficient (Wildman–Crippen LogP) is 5.28. The molecule has 0 amide bonds. The molecular weight excluding hydrogens is 396 g/mol. The Labute approximate surface area is 179 Å². The first-order valence-electron chi connectivity index (χ1n) is 9.66. The molecule has 0 saturated carbocycles. The van der Waals surface area contributed by atoms with Crippen LogP contribution >= 0.6 is 11.5 Å². The molecule has 2 heterocycles. The minimum atomic E-state index is -0.494. The van der Waals surface area contributed by atoms with Crippen LogP contribution in [0.5, 0.6) is 0 Å². The number of hydrogen-bond acceptors (Lipinski definition) is 6. The second-order valence-electron chi connectivity index (χ2n) is 7.32. The molecule has 0 radical (unpaired) electrons. The maximum atomic E-state index is 12.2. The molecule has 0 aliphatic carbocycles. The second-order valence-corrected chi connectivity index (χ2v) is 8.08. The molecule has 0 atom stereocenters. The van der Waals surface area contributed by atoms with Crippen molar-refractivity contribution in [2.75, 3.05) is 7.11 Å². The van der Waals surface area contributed by atoms with E-state index in [1.165, 1.54) is 18.6 Å². The highest BCUT2D eigenvalue weighted by Gasteiger charge is 2.22. The standard InChI is InChI=1S/C23H22N4O2S/c1-14(2)17-10-5-6-11-19(17)27-20(13-18(25-27)23(28)29-4)21-24-22(30-26-21)16-9-7-8-15(3)12-16/h5-14H,1-4H3. The molecule has 0 aliphatic rings. The maximum Gasteiger partial charge on any atom is 0.358 e. The van der Waals surface area contributed by atoms with Crippen molar-refractivity contribution in [3.8, 4) is 27.8 Å². The summed E-state index contributed by atoms with van der Waals surface area (Å²) < 4.78 is 11.2. The molecule has 0 unspecified atom stereocenters. The van der Waals surface area contributed by atoms with Crippen LogP contribution < -0.4 is 0 Å². The second kappa shape index (κ2) is 8.20. The van der Waals surface area contributed by atoms with Gasteiger partial charge in [-0.3, -0.25) is 0 Å². The smallest absolute Gasteiger partial charge is 0.358 e. The Bertz CT molecular complexity index is 1210. The van der Waals surface area contributed by atoms with Crippen molar-refractivity contribution >= 4 is 17.5 Å². The van der Waals surface area contributed by atoms with Gasteiger partial charge in [-0.25, -0.2) is 14.5 Å². The summed E-state index contributed by atoms with van der Waals surface area (Å²) in [5.41, 5.74) is 5.06. The van der Waals surface area contributed by atoms with Gasteiger partial charge in [-0.1, -0.05) is 55.8 Å². The van der Waals surface area contributed by atoms with E-state index < -0.39 is 5.97 Å². The molecule has 7 heteroatoms. The van der Waals surface area contributed by atoms with Crippen LogP contribution in [0, 0.1) is 6.92 Å². The Morgan fingerprint density at radius 1 is 1.10 bits per heavy atom. The Kier molecular flexibility index (Phi) is 5.46. The van der Waals surface area contributed by atoms with E-state index >= 15 is 0 Å². The summed E-state index contributed by atoms with van der Waals surface area (Å²) in [6.07, 6.45) is 0. The summed E-state index contributed by atoms with van der Waals surface area (Å²) in [5.74, 6) is 0.315. The first-order valence-corrected chi connectivity index (χ1v) is 10.4. The van der Waals surface area contributed by atoms with Gasteiger partial charge in [-0.05, 0) is 42.1 Å². The monoisotopic (exact) mass is 418 g/mol.